The summed E-state index contributed by atoms with van der Waals surface area (Å²) in [6.07, 6.45) is 3.30. The van der Waals surface area contributed by atoms with Gasteiger partial charge in [0.15, 0.2) is 0 Å². The van der Waals surface area contributed by atoms with E-state index in [4.69, 9.17) is 37.7 Å². The smallest absolute Gasteiger partial charge is 0.246 e. The second-order valence-electron chi connectivity index (χ2n) is 7.45. The molecule has 0 bridgehead atoms. The molecule has 178 valence electrons. The van der Waals surface area contributed by atoms with Crippen LogP contribution in [0.1, 0.15) is 36.4 Å². The minimum atomic E-state index is -0.245. The van der Waals surface area contributed by atoms with Gasteiger partial charge < -0.3 is 14.8 Å². The summed E-state index contributed by atoms with van der Waals surface area (Å²) in [5.41, 5.74) is 4.35. The Bertz CT molecular complexity index is 1250. The highest BCUT2D eigenvalue weighted by molar-refractivity contribution is 6.32. The molecule has 0 radical (unpaired) electrons. The fourth-order valence-electron chi connectivity index (χ4n) is 3.46. The number of ether oxygens (including phenoxy) is 2. The molecule has 0 fully saturated rings. The summed E-state index contributed by atoms with van der Waals surface area (Å²) in [4.78, 5) is 25.3. The van der Waals surface area contributed by atoms with E-state index in [0.717, 1.165) is 16.6 Å². The van der Waals surface area contributed by atoms with Crippen LogP contribution in [0.25, 0.3) is 16.6 Å². The number of amides is 1. The van der Waals surface area contributed by atoms with Gasteiger partial charge in [0, 0.05) is 46.8 Å². The predicted molar refractivity (Wildman–Crippen MR) is 136 cm³/mol. The van der Waals surface area contributed by atoms with Crippen LogP contribution in [0.5, 0.6) is 5.75 Å². The molecule has 0 saturated carbocycles. The fourth-order valence-corrected chi connectivity index (χ4v) is 3.83. The van der Waals surface area contributed by atoms with Crippen LogP contribution in [0.15, 0.2) is 46.6 Å². The van der Waals surface area contributed by atoms with Crippen molar-refractivity contribution in [1.29, 1.82) is 0 Å². The van der Waals surface area contributed by atoms with E-state index in [-0.39, 0.29) is 25.7 Å². The highest BCUT2D eigenvalue weighted by atomic mass is 35.5. The van der Waals surface area contributed by atoms with Gasteiger partial charge in [0.25, 0.3) is 0 Å². The molecule has 0 aliphatic heterocycles. The molecule has 0 atom stereocenters. The van der Waals surface area contributed by atoms with Gasteiger partial charge in [0.05, 0.1) is 23.0 Å². The third-order valence-corrected chi connectivity index (χ3v) is 5.49. The van der Waals surface area contributed by atoms with Crippen LogP contribution >= 0.6 is 23.2 Å². The summed E-state index contributed by atoms with van der Waals surface area (Å²) >= 11 is 12.8. The van der Waals surface area contributed by atoms with Crippen LogP contribution in [0, 0.1) is 6.92 Å². The Morgan fingerprint density at radius 2 is 2.09 bits per heavy atom. The Morgan fingerprint density at radius 1 is 1.29 bits per heavy atom. The zero-order valence-electron chi connectivity index (χ0n) is 19.5. The number of carbonyl (C=O) groups is 1. The number of pyridine rings is 2. The third-order valence-electron chi connectivity index (χ3n) is 4.96. The fraction of sp³-hybridized carbons (Fsp3) is 0.280. The van der Waals surface area contributed by atoms with E-state index in [0.29, 0.717) is 38.3 Å². The molecule has 0 saturated heterocycles. The number of aliphatic imine (C=N–C) groups is 1. The van der Waals surface area contributed by atoms with Gasteiger partial charge in [-0.3, -0.25) is 14.8 Å². The number of allylic oxidation sites excluding steroid dienone is 1. The number of nitrogens with one attached hydrogen (secondary N) is 1. The second kappa shape index (κ2) is 11.9. The van der Waals surface area contributed by atoms with E-state index in [2.05, 4.69) is 15.3 Å². The van der Waals surface area contributed by atoms with Crippen molar-refractivity contribution in [2.24, 2.45) is 4.99 Å². The van der Waals surface area contributed by atoms with Crippen LogP contribution in [-0.4, -0.2) is 35.8 Å². The highest BCUT2D eigenvalue weighted by Gasteiger charge is 2.16. The number of hydrogen-bond donors (Lipinski definition) is 1. The summed E-state index contributed by atoms with van der Waals surface area (Å²) < 4.78 is 11.0. The van der Waals surface area contributed by atoms with Crippen molar-refractivity contribution in [3.05, 3.63) is 69.1 Å². The molecule has 0 spiro atoms. The van der Waals surface area contributed by atoms with Crippen molar-refractivity contribution >= 4 is 51.9 Å². The first kappa shape index (κ1) is 25.6. The lowest BCUT2D eigenvalue weighted by Gasteiger charge is -2.15. The molecule has 1 N–H and O–H groups in total. The first-order chi connectivity index (χ1) is 16.3. The molecule has 3 rings (SSSR count). The number of benzene rings is 1. The average molecular weight is 501 g/mol. The first-order valence-electron chi connectivity index (χ1n) is 10.6. The van der Waals surface area contributed by atoms with E-state index in [1.165, 1.54) is 7.11 Å². The van der Waals surface area contributed by atoms with Gasteiger partial charge in [-0.15, -0.1) is 0 Å². The third kappa shape index (κ3) is 6.11. The molecule has 1 aromatic carbocycles. The maximum Gasteiger partial charge on any atom is 0.246 e. The average Bonchev–Trinajstić information content (AvgIpc) is 2.80. The maximum atomic E-state index is 11.8. The number of rotatable bonds is 9. The summed E-state index contributed by atoms with van der Waals surface area (Å²) in [6.45, 7) is 5.89. The van der Waals surface area contributed by atoms with Crippen LogP contribution < -0.4 is 10.1 Å². The number of hydrogen-bond acceptors (Lipinski definition) is 6. The van der Waals surface area contributed by atoms with Gasteiger partial charge in [-0.1, -0.05) is 35.3 Å². The first-order valence-corrected chi connectivity index (χ1v) is 11.4. The van der Waals surface area contributed by atoms with Crippen molar-refractivity contribution in [2.45, 2.75) is 33.9 Å². The number of nitrogens with zero attached hydrogens (tertiary/aromatic N) is 3. The summed E-state index contributed by atoms with van der Waals surface area (Å²) in [7, 11) is 1.46. The minimum absolute atomic E-state index is 0.0317. The molecule has 2 heterocycles. The minimum Gasteiger partial charge on any atom is -0.486 e. The predicted octanol–water partition coefficient (Wildman–Crippen LogP) is 5.45. The SMILES string of the molecule is CC=N/C(=C(\C)Cl)c1cc(C)nc2c(OCc3c(Cl)ccnc3CNC(=O)COC)cccc12. The summed E-state index contributed by atoms with van der Waals surface area (Å²) in [6, 6.07) is 9.35. The molecule has 2 aromatic heterocycles. The lowest BCUT2D eigenvalue weighted by Crippen LogP contribution is -2.27. The van der Waals surface area contributed by atoms with Crippen LogP contribution in [0.4, 0.5) is 0 Å². The number of methoxy groups -OCH3 is 1. The van der Waals surface area contributed by atoms with Crippen molar-refractivity contribution in [3.63, 3.8) is 0 Å². The van der Waals surface area contributed by atoms with Gasteiger partial charge in [0.2, 0.25) is 5.91 Å². The quantitative estimate of drug-likeness (QED) is 0.394. The topological polar surface area (TPSA) is 85.7 Å². The highest BCUT2D eigenvalue weighted by Crippen LogP contribution is 2.34. The number of carbonyl (C=O) groups excluding carboxylic acids is 1. The van der Waals surface area contributed by atoms with Gasteiger partial charge in [-0.25, -0.2) is 4.98 Å². The van der Waals surface area contributed by atoms with E-state index in [1.807, 2.05) is 45.0 Å². The molecule has 7 nitrogen and oxygen atoms in total. The molecule has 9 heteroatoms. The Balaban J connectivity index is 1.96. The van der Waals surface area contributed by atoms with E-state index < -0.39 is 0 Å². The van der Waals surface area contributed by atoms with E-state index in [9.17, 15) is 4.79 Å². The Kier molecular flexibility index (Phi) is 8.98. The molecule has 0 unspecified atom stereocenters. The molecule has 1 amide bonds. The number of halogens is 2. The summed E-state index contributed by atoms with van der Waals surface area (Å²) in [5, 5.41) is 4.71. The maximum absolute atomic E-state index is 11.8. The standard InChI is InChI=1S/C25H26Cl2N4O3/c1-5-28-24(16(3)26)18-11-15(2)31-25-17(18)7-6-8-22(25)34-13-19-20(27)9-10-29-21(19)12-30-23(32)14-33-4/h5-11H,12-14H2,1-4H3,(H,30,32)/b24-16+,28-5?. The largest absolute Gasteiger partial charge is 0.486 e. The van der Waals surface area contributed by atoms with Crippen molar-refractivity contribution in [3.8, 4) is 5.75 Å². The van der Waals surface area contributed by atoms with Crippen molar-refractivity contribution in [2.75, 3.05) is 13.7 Å². The molecular formula is C25H26Cl2N4O3. The van der Waals surface area contributed by atoms with Crippen molar-refractivity contribution < 1.29 is 14.3 Å². The van der Waals surface area contributed by atoms with Crippen molar-refractivity contribution in [1.82, 2.24) is 15.3 Å². The molecular weight excluding hydrogens is 475 g/mol. The Hall–Kier alpha value is -3.00. The second-order valence-corrected chi connectivity index (χ2v) is 8.42. The molecule has 3 aromatic rings. The molecule has 0 aliphatic carbocycles. The number of fused-ring (bicyclic) bond motifs is 1. The van der Waals surface area contributed by atoms with Crippen LogP contribution in [-0.2, 0) is 22.7 Å². The number of aromatic nitrogens is 2. The zero-order valence-corrected chi connectivity index (χ0v) is 21.0. The summed E-state index contributed by atoms with van der Waals surface area (Å²) in [5.74, 6) is 0.342. The Labute approximate surface area is 208 Å². The van der Waals surface area contributed by atoms with E-state index >= 15 is 0 Å². The van der Waals surface area contributed by atoms with Gasteiger partial charge in [-0.05, 0) is 39.0 Å². The van der Waals surface area contributed by atoms with Gasteiger partial charge in [0.1, 0.15) is 24.5 Å². The Morgan fingerprint density at radius 3 is 2.79 bits per heavy atom. The van der Waals surface area contributed by atoms with Gasteiger partial charge >= 0.3 is 0 Å². The molecule has 0 aliphatic rings. The lowest BCUT2D eigenvalue weighted by molar-refractivity contribution is -0.124. The monoisotopic (exact) mass is 500 g/mol. The number of aryl methyl sites for hydroxylation is 1. The van der Waals surface area contributed by atoms with Crippen LogP contribution in [0.2, 0.25) is 5.02 Å². The zero-order chi connectivity index (χ0) is 24.7. The normalized spacial score (nSPS) is 12.2. The lowest BCUT2D eigenvalue weighted by atomic mass is 10.0. The number of para-hydroxylation sites is 1. The van der Waals surface area contributed by atoms with Crippen LogP contribution in [0.3, 0.4) is 0 Å². The van der Waals surface area contributed by atoms with Gasteiger partial charge in [-0.2, -0.15) is 0 Å². The molecule has 34 heavy (non-hydrogen) atoms. The van der Waals surface area contributed by atoms with E-state index in [1.54, 1.807) is 18.5 Å².